The molecule has 0 saturated carbocycles. The zero-order chi connectivity index (χ0) is 10.4. The molecule has 0 aliphatic carbocycles. The summed E-state index contributed by atoms with van der Waals surface area (Å²) < 4.78 is 6.06. The van der Waals surface area contributed by atoms with Crippen molar-refractivity contribution in [1.29, 1.82) is 0 Å². The van der Waals surface area contributed by atoms with Gasteiger partial charge in [0.05, 0.1) is 0 Å². The number of hydrogen-bond donors (Lipinski definition) is 1. The summed E-state index contributed by atoms with van der Waals surface area (Å²) in [5, 5.41) is 3.09. The van der Waals surface area contributed by atoms with E-state index in [-0.39, 0.29) is 0 Å². The lowest BCUT2D eigenvalue weighted by atomic mass is 10.5. The first-order valence-corrected chi connectivity index (χ1v) is 5.07. The van der Waals surface area contributed by atoms with Crippen molar-refractivity contribution in [3.05, 3.63) is 23.5 Å². The topological polar surface area (TPSA) is 47.0 Å². The van der Waals surface area contributed by atoms with Crippen LogP contribution < -0.4 is 10.1 Å². The Balaban J connectivity index is 2.83. The number of anilines is 1. The summed E-state index contributed by atoms with van der Waals surface area (Å²) in [5.41, 5.74) is 0. The summed E-state index contributed by atoms with van der Waals surface area (Å²) in [6, 6.07) is 0. The molecule has 76 valence electrons. The van der Waals surface area contributed by atoms with Crippen molar-refractivity contribution in [1.82, 2.24) is 9.97 Å². The minimum absolute atomic E-state index is 0.432. The van der Waals surface area contributed by atoms with E-state index in [4.69, 9.17) is 4.74 Å². The van der Waals surface area contributed by atoms with E-state index in [0.29, 0.717) is 12.5 Å². The largest absolute Gasteiger partial charge is 0.473 e. The average Bonchev–Trinajstić information content (AvgIpc) is 2.20. The van der Waals surface area contributed by atoms with Crippen LogP contribution in [0, 0.1) is 0 Å². The number of hydrogen-bond acceptors (Lipinski definition) is 4. The minimum Gasteiger partial charge on any atom is -0.473 e. The number of aromatic nitrogens is 2. The second-order valence-corrected chi connectivity index (χ2v) is 3.26. The fourth-order valence-corrected chi connectivity index (χ4v) is 1.34. The lowest BCUT2D eigenvalue weighted by molar-refractivity contribution is 0.345. The van der Waals surface area contributed by atoms with Gasteiger partial charge >= 0.3 is 0 Å². The number of nitrogens with one attached hydrogen (secondary N) is 1. The Labute approximate surface area is 91.5 Å². The zero-order valence-corrected chi connectivity index (χ0v) is 9.54. The highest BCUT2D eigenvalue weighted by atomic mass is 79.9. The second-order valence-electron chi connectivity index (χ2n) is 2.47. The van der Waals surface area contributed by atoms with Gasteiger partial charge in [0.25, 0.3) is 0 Å². The van der Waals surface area contributed by atoms with Gasteiger partial charge in [-0.3, -0.25) is 0 Å². The Morgan fingerprint density at radius 3 is 3.07 bits per heavy atom. The molecule has 0 radical (unpaired) electrons. The molecule has 0 aliphatic rings. The predicted molar refractivity (Wildman–Crippen MR) is 59.6 cm³/mol. The van der Waals surface area contributed by atoms with Crippen LogP contribution in [0.2, 0.25) is 0 Å². The van der Waals surface area contributed by atoms with Crippen LogP contribution in [0.1, 0.15) is 6.92 Å². The molecule has 0 unspecified atom stereocenters. The molecule has 0 atom stereocenters. The van der Waals surface area contributed by atoms with Crippen molar-refractivity contribution < 1.29 is 4.74 Å². The van der Waals surface area contributed by atoms with Crippen molar-refractivity contribution >= 4 is 21.7 Å². The predicted octanol–water partition coefficient (Wildman–Crippen LogP) is 2.24. The quantitative estimate of drug-likeness (QED) is 0.823. The highest BCUT2D eigenvalue weighted by Gasteiger charge is 2.07. The minimum atomic E-state index is 0.432. The van der Waals surface area contributed by atoms with E-state index in [1.54, 1.807) is 6.08 Å². The van der Waals surface area contributed by atoms with Crippen molar-refractivity contribution in [2.45, 2.75) is 6.92 Å². The molecule has 0 aliphatic heterocycles. The highest BCUT2D eigenvalue weighted by molar-refractivity contribution is 9.10. The third kappa shape index (κ3) is 2.70. The number of rotatable bonds is 5. The standard InChI is InChI=1S/C9H12BrN3O/c1-3-5-14-9-7(10)8(11-4-2)12-6-13-9/h3,6H,1,4-5H2,2H3,(H,11,12,13). The molecule has 1 heterocycles. The van der Waals surface area contributed by atoms with E-state index >= 15 is 0 Å². The van der Waals surface area contributed by atoms with Crippen LogP contribution in [0.3, 0.4) is 0 Å². The van der Waals surface area contributed by atoms with Gasteiger partial charge in [-0.2, -0.15) is 0 Å². The SMILES string of the molecule is C=CCOc1ncnc(NCC)c1Br. The molecule has 1 aromatic heterocycles. The second kappa shape index (κ2) is 5.59. The summed E-state index contributed by atoms with van der Waals surface area (Å²) >= 11 is 3.37. The average molecular weight is 258 g/mol. The van der Waals surface area contributed by atoms with Gasteiger partial charge in [-0.15, -0.1) is 0 Å². The smallest absolute Gasteiger partial charge is 0.233 e. The number of ether oxygens (including phenoxy) is 1. The van der Waals surface area contributed by atoms with Crippen LogP contribution in [0.25, 0.3) is 0 Å². The molecule has 0 bridgehead atoms. The first-order valence-electron chi connectivity index (χ1n) is 4.27. The molecule has 5 heteroatoms. The van der Waals surface area contributed by atoms with Gasteiger partial charge in [-0.05, 0) is 22.9 Å². The van der Waals surface area contributed by atoms with E-state index in [0.717, 1.165) is 16.8 Å². The fraction of sp³-hybridized carbons (Fsp3) is 0.333. The molecule has 0 fully saturated rings. The first kappa shape index (κ1) is 11.0. The molecule has 1 rings (SSSR count). The normalized spacial score (nSPS) is 9.57. The Hall–Kier alpha value is -1.10. The summed E-state index contributed by atoms with van der Waals surface area (Å²) in [4.78, 5) is 8.05. The molecule has 14 heavy (non-hydrogen) atoms. The molecule has 0 amide bonds. The maximum atomic E-state index is 5.32. The lowest BCUT2D eigenvalue weighted by Gasteiger charge is -2.08. The van der Waals surface area contributed by atoms with E-state index in [9.17, 15) is 0 Å². The third-order valence-corrected chi connectivity index (χ3v) is 2.15. The molecule has 1 N–H and O–H groups in total. The highest BCUT2D eigenvalue weighted by Crippen LogP contribution is 2.27. The van der Waals surface area contributed by atoms with Gasteiger partial charge in [0.2, 0.25) is 5.88 Å². The molecular formula is C9H12BrN3O. The van der Waals surface area contributed by atoms with Crippen LogP contribution in [-0.2, 0) is 0 Å². The van der Waals surface area contributed by atoms with Gasteiger partial charge in [0.15, 0.2) is 0 Å². The first-order chi connectivity index (χ1) is 6.79. The molecule has 0 aromatic carbocycles. The van der Waals surface area contributed by atoms with E-state index in [1.807, 2.05) is 6.92 Å². The summed E-state index contributed by atoms with van der Waals surface area (Å²) in [6.07, 6.45) is 3.13. The van der Waals surface area contributed by atoms with E-state index in [2.05, 4.69) is 37.8 Å². The van der Waals surface area contributed by atoms with Gasteiger partial charge in [-0.25, -0.2) is 9.97 Å². The van der Waals surface area contributed by atoms with Crippen LogP contribution in [-0.4, -0.2) is 23.1 Å². The lowest BCUT2D eigenvalue weighted by Crippen LogP contribution is -2.03. The summed E-state index contributed by atoms with van der Waals surface area (Å²) in [7, 11) is 0. The van der Waals surface area contributed by atoms with Crippen LogP contribution in [0.4, 0.5) is 5.82 Å². The van der Waals surface area contributed by atoms with Crippen molar-refractivity contribution in [3.8, 4) is 5.88 Å². The van der Waals surface area contributed by atoms with Crippen molar-refractivity contribution in [2.24, 2.45) is 0 Å². The van der Waals surface area contributed by atoms with Crippen LogP contribution >= 0.6 is 15.9 Å². The Kier molecular flexibility index (Phi) is 4.39. The molecule has 0 saturated heterocycles. The molecule has 4 nitrogen and oxygen atoms in total. The van der Waals surface area contributed by atoms with Gasteiger partial charge < -0.3 is 10.1 Å². The van der Waals surface area contributed by atoms with E-state index < -0.39 is 0 Å². The van der Waals surface area contributed by atoms with Gasteiger partial charge in [0, 0.05) is 6.54 Å². The third-order valence-electron chi connectivity index (χ3n) is 1.44. The van der Waals surface area contributed by atoms with Crippen molar-refractivity contribution in [3.63, 3.8) is 0 Å². The molecule has 0 spiro atoms. The van der Waals surface area contributed by atoms with Crippen molar-refractivity contribution in [2.75, 3.05) is 18.5 Å². The Morgan fingerprint density at radius 1 is 1.64 bits per heavy atom. The maximum Gasteiger partial charge on any atom is 0.233 e. The Morgan fingerprint density at radius 2 is 2.43 bits per heavy atom. The number of halogens is 1. The monoisotopic (exact) mass is 257 g/mol. The molecular weight excluding hydrogens is 246 g/mol. The van der Waals surface area contributed by atoms with E-state index in [1.165, 1.54) is 6.33 Å². The zero-order valence-electron chi connectivity index (χ0n) is 7.96. The summed E-state index contributed by atoms with van der Waals surface area (Å²) in [6.45, 7) is 6.80. The van der Waals surface area contributed by atoms with Crippen LogP contribution in [0.5, 0.6) is 5.88 Å². The van der Waals surface area contributed by atoms with Gasteiger partial charge in [0.1, 0.15) is 23.2 Å². The van der Waals surface area contributed by atoms with Gasteiger partial charge in [-0.1, -0.05) is 12.7 Å². The molecule has 1 aromatic rings. The fourth-order valence-electron chi connectivity index (χ4n) is 0.883. The summed E-state index contributed by atoms with van der Waals surface area (Å²) in [5.74, 6) is 1.26. The van der Waals surface area contributed by atoms with Crippen LogP contribution in [0.15, 0.2) is 23.5 Å². The maximum absolute atomic E-state index is 5.32. The Bertz CT molecular complexity index is 317. The number of nitrogens with zero attached hydrogens (tertiary/aromatic N) is 2.